The Balaban J connectivity index is 2.76. The Labute approximate surface area is 82.5 Å². The molecule has 0 saturated heterocycles. The van der Waals surface area contributed by atoms with Crippen molar-refractivity contribution in [2.45, 2.75) is 13.8 Å². The van der Waals surface area contributed by atoms with E-state index < -0.39 is 6.09 Å². The van der Waals surface area contributed by atoms with Gasteiger partial charge in [0.25, 0.3) is 0 Å². The van der Waals surface area contributed by atoms with Gasteiger partial charge < -0.3 is 9.84 Å². The average molecular weight is 195 g/mol. The Hall–Kier alpha value is -1.71. The highest BCUT2D eigenvalue weighted by atomic mass is 16.5. The predicted octanol–water partition coefficient (Wildman–Crippen LogP) is 2.27. The van der Waals surface area contributed by atoms with Crippen LogP contribution in [0.1, 0.15) is 12.5 Å². The number of nitrogens with one attached hydrogen (secondary N) is 1. The first kappa shape index (κ1) is 10.4. The zero-order chi connectivity index (χ0) is 10.6. The fourth-order valence-electron chi connectivity index (χ4n) is 1.04. The van der Waals surface area contributed by atoms with Crippen molar-refractivity contribution in [2.24, 2.45) is 0 Å². The third-order valence-corrected chi connectivity index (χ3v) is 1.75. The van der Waals surface area contributed by atoms with Crippen LogP contribution in [0.2, 0.25) is 0 Å². The van der Waals surface area contributed by atoms with Gasteiger partial charge in [0.2, 0.25) is 0 Å². The molecule has 0 aliphatic rings. The molecule has 0 aromatic heterocycles. The minimum Gasteiger partial charge on any atom is -0.505 e. The van der Waals surface area contributed by atoms with Crippen LogP contribution in [0.3, 0.4) is 0 Å². The van der Waals surface area contributed by atoms with Gasteiger partial charge in [-0.15, -0.1) is 0 Å². The summed E-state index contributed by atoms with van der Waals surface area (Å²) in [4.78, 5) is 11.0. The number of benzene rings is 1. The van der Waals surface area contributed by atoms with E-state index in [9.17, 15) is 9.90 Å². The molecule has 0 aliphatic heterocycles. The van der Waals surface area contributed by atoms with E-state index in [1.165, 1.54) is 0 Å². The molecule has 4 heteroatoms. The lowest BCUT2D eigenvalue weighted by atomic mass is 10.2. The Bertz CT molecular complexity index is 336. The number of aromatic hydroxyl groups is 1. The van der Waals surface area contributed by atoms with Crippen LogP contribution in [-0.4, -0.2) is 17.8 Å². The molecular formula is C10H13NO3. The Morgan fingerprint density at radius 3 is 2.93 bits per heavy atom. The van der Waals surface area contributed by atoms with Gasteiger partial charge in [0.1, 0.15) is 5.75 Å². The standard InChI is InChI=1S/C10H13NO3/c1-3-14-10(13)11-8-6-4-5-7(2)9(8)12/h4-6,12H,3H2,1-2H3,(H,11,13). The number of aryl methyl sites for hydroxylation is 1. The molecule has 0 atom stereocenters. The molecular weight excluding hydrogens is 182 g/mol. The molecule has 2 N–H and O–H groups in total. The fraction of sp³-hybridized carbons (Fsp3) is 0.300. The van der Waals surface area contributed by atoms with Gasteiger partial charge in [-0.2, -0.15) is 0 Å². The van der Waals surface area contributed by atoms with Crippen molar-refractivity contribution >= 4 is 11.8 Å². The Morgan fingerprint density at radius 2 is 2.29 bits per heavy atom. The smallest absolute Gasteiger partial charge is 0.411 e. The molecule has 0 heterocycles. The highest BCUT2D eigenvalue weighted by Crippen LogP contribution is 2.26. The van der Waals surface area contributed by atoms with E-state index in [0.717, 1.165) is 0 Å². The molecule has 1 aromatic carbocycles. The number of hydrogen-bond acceptors (Lipinski definition) is 3. The van der Waals surface area contributed by atoms with E-state index in [-0.39, 0.29) is 5.75 Å². The van der Waals surface area contributed by atoms with Crippen LogP contribution >= 0.6 is 0 Å². The normalized spacial score (nSPS) is 9.57. The second-order valence-corrected chi connectivity index (χ2v) is 2.82. The van der Waals surface area contributed by atoms with E-state index in [1.54, 1.807) is 32.0 Å². The van der Waals surface area contributed by atoms with Gasteiger partial charge in [0.15, 0.2) is 0 Å². The van der Waals surface area contributed by atoms with Crippen molar-refractivity contribution in [3.63, 3.8) is 0 Å². The number of hydrogen-bond donors (Lipinski definition) is 2. The highest BCUT2D eigenvalue weighted by Gasteiger charge is 2.07. The van der Waals surface area contributed by atoms with Crippen LogP contribution in [-0.2, 0) is 4.74 Å². The van der Waals surface area contributed by atoms with Crippen LogP contribution in [0, 0.1) is 6.92 Å². The summed E-state index contributed by atoms with van der Waals surface area (Å²) in [5.74, 6) is 0.0700. The van der Waals surface area contributed by atoms with E-state index in [1.807, 2.05) is 0 Å². The van der Waals surface area contributed by atoms with Gasteiger partial charge in [-0.05, 0) is 25.5 Å². The monoisotopic (exact) mass is 195 g/mol. The number of rotatable bonds is 2. The molecule has 1 aromatic rings. The van der Waals surface area contributed by atoms with Crippen LogP contribution in [0.25, 0.3) is 0 Å². The number of phenolic OH excluding ortho intramolecular Hbond substituents is 1. The number of amides is 1. The number of para-hydroxylation sites is 1. The van der Waals surface area contributed by atoms with Gasteiger partial charge in [0.05, 0.1) is 12.3 Å². The highest BCUT2D eigenvalue weighted by molar-refractivity contribution is 5.86. The van der Waals surface area contributed by atoms with Crippen molar-refractivity contribution in [1.29, 1.82) is 0 Å². The lowest BCUT2D eigenvalue weighted by Gasteiger charge is -2.08. The third kappa shape index (κ3) is 2.39. The molecule has 0 bridgehead atoms. The van der Waals surface area contributed by atoms with Crippen molar-refractivity contribution in [3.05, 3.63) is 23.8 Å². The number of carbonyl (C=O) groups excluding carboxylic acids is 1. The van der Waals surface area contributed by atoms with E-state index >= 15 is 0 Å². The molecule has 4 nitrogen and oxygen atoms in total. The Morgan fingerprint density at radius 1 is 1.57 bits per heavy atom. The number of ether oxygens (including phenoxy) is 1. The molecule has 1 rings (SSSR count). The number of phenols is 1. The van der Waals surface area contributed by atoms with Crippen LogP contribution in [0.4, 0.5) is 10.5 Å². The molecule has 14 heavy (non-hydrogen) atoms. The van der Waals surface area contributed by atoms with Gasteiger partial charge in [-0.1, -0.05) is 12.1 Å². The molecule has 0 fully saturated rings. The number of anilines is 1. The first-order valence-corrected chi connectivity index (χ1v) is 4.37. The van der Waals surface area contributed by atoms with Gasteiger partial charge in [0, 0.05) is 0 Å². The summed E-state index contributed by atoms with van der Waals surface area (Å²) < 4.78 is 4.68. The summed E-state index contributed by atoms with van der Waals surface area (Å²) in [7, 11) is 0. The summed E-state index contributed by atoms with van der Waals surface area (Å²) in [6.45, 7) is 3.78. The minimum atomic E-state index is -0.562. The second kappa shape index (κ2) is 4.50. The molecule has 0 aliphatic carbocycles. The molecule has 0 radical (unpaired) electrons. The maximum absolute atomic E-state index is 11.0. The summed E-state index contributed by atoms with van der Waals surface area (Å²) in [5.41, 5.74) is 1.07. The van der Waals surface area contributed by atoms with Gasteiger partial charge in [-0.3, -0.25) is 5.32 Å². The summed E-state index contributed by atoms with van der Waals surface area (Å²) in [5, 5.41) is 12.0. The minimum absolute atomic E-state index is 0.0700. The van der Waals surface area contributed by atoms with Crippen molar-refractivity contribution in [1.82, 2.24) is 0 Å². The summed E-state index contributed by atoms with van der Waals surface area (Å²) in [6, 6.07) is 5.11. The third-order valence-electron chi connectivity index (χ3n) is 1.75. The largest absolute Gasteiger partial charge is 0.505 e. The lowest BCUT2D eigenvalue weighted by Crippen LogP contribution is -2.13. The lowest BCUT2D eigenvalue weighted by molar-refractivity contribution is 0.168. The van der Waals surface area contributed by atoms with Crippen LogP contribution < -0.4 is 5.32 Å². The zero-order valence-electron chi connectivity index (χ0n) is 8.20. The predicted molar refractivity (Wildman–Crippen MR) is 53.5 cm³/mol. The first-order chi connectivity index (χ1) is 6.65. The molecule has 0 unspecified atom stereocenters. The summed E-state index contributed by atoms with van der Waals surface area (Å²) in [6.07, 6.45) is -0.562. The Kier molecular flexibility index (Phi) is 3.34. The average Bonchev–Trinajstić information content (AvgIpc) is 2.13. The van der Waals surface area contributed by atoms with Crippen molar-refractivity contribution < 1.29 is 14.6 Å². The second-order valence-electron chi connectivity index (χ2n) is 2.82. The zero-order valence-corrected chi connectivity index (χ0v) is 8.20. The maximum Gasteiger partial charge on any atom is 0.411 e. The summed E-state index contributed by atoms with van der Waals surface area (Å²) >= 11 is 0. The quantitative estimate of drug-likeness (QED) is 0.711. The van der Waals surface area contributed by atoms with E-state index in [2.05, 4.69) is 10.1 Å². The van der Waals surface area contributed by atoms with E-state index in [4.69, 9.17) is 0 Å². The fourth-order valence-corrected chi connectivity index (χ4v) is 1.04. The molecule has 0 saturated carbocycles. The first-order valence-electron chi connectivity index (χ1n) is 4.37. The van der Waals surface area contributed by atoms with Crippen LogP contribution in [0.5, 0.6) is 5.75 Å². The topological polar surface area (TPSA) is 58.6 Å². The molecule has 76 valence electrons. The molecule has 0 spiro atoms. The number of carbonyl (C=O) groups is 1. The van der Waals surface area contributed by atoms with E-state index in [0.29, 0.717) is 17.9 Å². The van der Waals surface area contributed by atoms with Gasteiger partial charge >= 0.3 is 6.09 Å². The van der Waals surface area contributed by atoms with Crippen molar-refractivity contribution in [3.8, 4) is 5.75 Å². The van der Waals surface area contributed by atoms with Crippen molar-refractivity contribution in [2.75, 3.05) is 11.9 Å². The molecule has 1 amide bonds. The maximum atomic E-state index is 11.0. The SMILES string of the molecule is CCOC(=O)Nc1cccc(C)c1O. The van der Waals surface area contributed by atoms with Crippen LogP contribution in [0.15, 0.2) is 18.2 Å². The van der Waals surface area contributed by atoms with Gasteiger partial charge in [-0.25, -0.2) is 4.79 Å².